The molecular weight excluding hydrogens is 214 g/mol. The second-order valence-electron chi connectivity index (χ2n) is 4.02. The Bertz CT molecular complexity index is 377. The van der Waals surface area contributed by atoms with Crippen molar-refractivity contribution >= 4 is 12.7 Å². The summed E-state index contributed by atoms with van der Waals surface area (Å²) in [6.07, 6.45) is 0. The molecule has 1 atom stereocenters. The lowest BCUT2D eigenvalue weighted by Gasteiger charge is -2.15. The largest absolute Gasteiger partial charge is 0.325 e. The molecule has 0 spiro atoms. The molecule has 0 aliphatic rings. The zero-order chi connectivity index (χ0) is 11.5. The Morgan fingerprint density at radius 2 is 2.13 bits per heavy atom. The van der Waals surface area contributed by atoms with Gasteiger partial charge in [-0.15, -0.1) is 0 Å². The van der Waals surface area contributed by atoms with E-state index in [1.54, 1.807) is 12.1 Å². The van der Waals surface area contributed by atoms with E-state index in [1.807, 2.05) is 13.8 Å². The summed E-state index contributed by atoms with van der Waals surface area (Å²) in [5.74, 6) is -0.0745. The van der Waals surface area contributed by atoms with Crippen molar-refractivity contribution in [2.75, 3.05) is 13.3 Å². The minimum atomic E-state index is -2.87. The van der Waals surface area contributed by atoms with Crippen LogP contribution in [0.3, 0.4) is 0 Å². The molecule has 0 amide bonds. The van der Waals surface area contributed by atoms with Crippen molar-refractivity contribution in [1.82, 2.24) is 0 Å². The van der Waals surface area contributed by atoms with E-state index in [-0.39, 0.29) is 5.82 Å². The van der Waals surface area contributed by atoms with Crippen LogP contribution in [0.5, 0.6) is 0 Å². The van der Waals surface area contributed by atoms with Gasteiger partial charge in [0.15, 0.2) is 0 Å². The molecule has 0 aromatic heterocycles. The number of hydrogen-bond acceptors (Lipinski definition) is 2. The van der Waals surface area contributed by atoms with Crippen LogP contribution in [0.1, 0.15) is 13.8 Å². The van der Waals surface area contributed by atoms with Crippen LogP contribution >= 0.6 is 7.37 Å². The topological polar surface area (TPSA) is 26.3 Å². The van der Waals surface area contributed by atoms with Crippen molar-refractivity contribution in [3.8, 4) is 0 Å². The van der Waals surface area contributed by atoms with Gasteiger partial charge in [-0.2, -0.15) is 0 Å². The number of hydrogen-bond donors (Lipinski definition) is 0. The van der Waals surface area contributed by atoms with Gasteiger partial charge >= 0.3 is 0 Å². The third-order valence-corrected chi connectivity index (χ3v) is 3.79. The van der Waals surface area contributed by atoms with Crippen LogP contribution < -0.4 is 5.30 Å². The highest BCUT2D eigenvalue weighted by molar-refractivity contribution is 7.66. The van der Waals surface area contributed by atoms with Crippen LogP contribution in [0.15, 0.2) is 24.3 Å². The molecule has 0 heterocycles. The van der Waals surface area contributed by atoms with Gasteiger partial charge in [-0.05, 0) is 24.1 Å². The molecule has 0 saturated carbocycles. The monoisotopic (exact) mass is 230 g/mol. The maximum absolute atomic E-state index is 12.9. The molecule has 1 aromatic carbocycles. The first-order chi connectivity index (χ1) is 6.92. The molecule has 84 valence electrons. The summed E-state index contributed by atoms with van der Waals surface area (Å²) in [7, 11) is -2.87. The zero-order valence-corrected chi connectivity index (χ0v) is 10.1. The molecule has 0 radical (unpaired) electrons. The normalized spacial score (nSPS) is 15.3. The van der Waals surface area contributed by atoms with Gasteiger partial charge in [0.2, 0.25) is 7.37 Å². The maximum Gasteiger partial charge on any atom is 0.229 e. The SMILES string of the molecule is CC(C)COP(C)(=O)c1cccc(F)c1. The average Bonchev–Trinajstić information content (AvgIpc) is 2.15. The highest BCUT2D eigenvalue weighted by Gasteiger charge is 2.19. The summed E-state index contributed by atoms with van der Waals surface area (Å²) in [6, 6.07) is 5.76. The summed E-state index contributed by atoms with van der Waals surface area (Å²) in [6.45, 7) is 5.89. The molecule has 0 saturated heterocycles. The van der Waals surface area contributed by atoms with Crippen molar-refractivity contribution in [3.05, 3.63) is 30.1 Å². The van der Waals surface area contributed by atoms with Gasteiger partial charge in [-0.1, -0.05) is 19.9 Å². The first-order valence-corrected chi connectivity index (χ1v) is 6.97. The second-order valence-corrected chi connectivity index (χ2v) is 6.48. The molecule has 1 aromatic rings. The van der Waals surface area contributed by atoms with Gasteiger partial charge in [0.25, 0.3) is 0 Å². The van der Waals surface area contributed by atoms with Crippen molar-refractivity contribution < 1.29 is 13.5 Å². The molecule has 15 heavy (non-hydrogen) atoms. The zero-order valence-electron chi connectivity index (χ0n) is 9.24. The average molecular weight is 230 g/mol. The predicted octanol–water partition coefficient (Wildman–Crippen LogP) is 3.03. The third kappa shape index (κ3) is 3.77. The second kappa shape index (κ2) is 4.91. The van der Waals surface area contributed by atoms with Crippen LogP contribution in [-0.2, 0) is 9.09 Å². The Balaban J connectivity index is 2.81. The van der Waals surface area contributed by atoms with Crippen LogP contribution in [0, 0.1) is 11.7 Å². The fourth-order valence-electron chi connectivity index (χ4n) is 1.09. The van der Waals surface area contributed by atoms with Gasteiger partial charge in [0, 0.05) is 12.0 Å². The summed E-state index contributed by atoms with van der Waals surface area (Å²) in [5.41, 5.74) is 0. The lowest BCUT2D eigenvalue weighted by Crippen LogP contribution is -2.10. The highest BCUT2D eigenvalue weighted by atomic mass is 31.2. The Kier molecular flexibility index (Phi) is 4.06. The van der Waals surface area contributed by atoms with E-state index in [0.717, 1.165) is 0 Å². The van der Waals surface area contributed by atoms with E-state index in [2.05, 4.69) is 0 Å². The van der Waals surface area contributed by atoms with E-state index in [4.69, 9.17) is 4.52 Å². The third-order valence-electron chi connectivity index (χ3n) is 1.93. The molecule has 1 unspecified atom stereocenters. The van der Waals surface area contributed by atoms with E-state index in [1.165, 1.54) is 18.8 Å². The van der Waals surface area contributed by atoms with Gasteiger partial charge in [-0.3, -0.25) is 4.57 Å². The number of benzene rings is 1. The van der Waals surface area contributed by atoms with Crippen molar-refractivity contribution in [2.45, 2.75) is 13.8 Å². The fraction of sp³-hybridized carbons (Fsp3) is 0.455. The molecule has 2 nitrogen and oxygen atoms in total. The standard InChI is InChI=1S/C11H16FO2P/c1-9(2)8-14-15(3,13)11-6-4-5-10(12)7-11/h4-7,9H,8H2,1-3H3. The van der Waals surface area contributed by atoms with Crippen LogP contribution in [0.2, 0.25) is 0 Å². The van der Waals surface area contributed by atoms with Crippen LogP contribution in [0.4, 0.5) is 4.39 Å². The molecule has 0 bridgehead atoms. The Morgan fingerprint density at radius 1 is 1.47 bits per heavy atom. The van der Waals surface area contributed by atoms with Crippen molar-refractivity contribution in [1.29, 1.82) is 0 Å². The lowest BCUT2D eigenvalue weighted by molar-refractivity contribution is 0.278. The Labute approximate surface area is 89.9 Å². The smallest absolute Gasteiger partial charge is 0.229 e. The molecule has 0 aliphatic carbocycles. The lowest BCUT2D eigenvalue weighted by atomic mass is 10.2. The first kappa shape index (κ1) is 12.4. The van der Waals surface area contributed by atoms with Crippen molar-refractivity contribution in [3.63, 3.8) is 0 Å². The molecular formula is C11H16FO2P. The Morgan fingerprint density at radius 3 is 2.67 bits per heavy atom. The number of halogens is 1. The van der Waals surface area contributed by atoms with E-state index >= 15 is 0 Å². The molecule has 0 N–H and O–H groups in total. The minimum absolute atomic E-state index is 0.312. The minimum Gasteiger partial charge on any atom is -0.325 e. The van der Waals surface area contributed by atoms with E-state index < -0.39 is 7.37 Å². The van der Waals surface area contributed by atoms with Gasteiger partial charge < -0.3 is 4.52 Å². The van der Waals surface area contributed by atoms with E-state index in [0.29, 0.717) is 17.8 Å². The summed E-state index contributed by atoms with van der Waals surface area (Å²) >= 11 is 0. The first-order valence-electron chi connectivity index (χ1n) is 4.90. The highest BCUT2D eigenvalue weighted by Crippen LogP contribution is 2.41. The molecule has 4 heteroatoms. The van der Waals surface area contributed by atoms with Gasteiger partial charge in [-0.25, -0.2) is 4.39 Å². The Hall–Kier alpha value is -0.660. The summed E-state index contributed by atoms with van der Waals surface area (Å²) in [4.78, 5) is 0. The predicted molar refractivity (Wildman–Crippen MR) is 60.4 cm³/mol. The summed E-state index contributed by atoms with van der Waals surface area (Å²) in [5, 5.41) is 0.433. The molecule has 1 rings (SSSR count). The van der Waals surface area contributed by atoms with Crippen molar-refractivity contribution in [2.24, 2.45) is 5.92 Å². The van der Waals surface area contributed by atoms with Crippen LogP contribution in [-0.4, -0.2) is 13.3 Å². The molecule has 0 aliphatic heterocycles. The van der Waals surface area contributed by atoms with E-state index in [9.17, 15) is 8.96 Å². The fourth-order valence-corrected chi connectivity index (χ4v) is 2.54. The quantitative estimate of drug-likeness (QED) is 0.743. The number of rotatable bonds is 4. The van der Waals surface area contributed by atoms with Gasteiger partial charge in [0.1, 0.15) is 5.82 Å². The summed E-state index contributed by atoms with van der Waals surface area (Å²) < 4.78 is 30.3. The van der Waals surface area contributed by atoms with Crippen LogP contribution in [0.25, 0.3) is 0 Å². The molecule has 0 fully saturated rings. The maximum atomic E-state index is 12.9. The van der Waals surface area contributed by atoms with Gasteiger partial charge in [0.05, 0.1) is 6.61 Å².